The van der Waals surface area contributed by atoms with E-state index in [4.69, 9.17) is 0 Å². The van der Waals surface area contributed by atoms with Crippen LogP contribution in [0.1, 0.15) is 44.5 Å². The van der Waals surface area contributed by atoms with Crippen molar-refractivity contribution in [3.05, 3.63) is 406 Å². The molecule has 0 heterocycles. The Kier molecular flexibility index (Phi) is 24.6. The number of halogens is 8. The van der Waals surface area contributed by atoms with E-state index < -0.39 is 78.8 Å². The van der Waals surface area contributed by atoms with E-state index in [0.717, 1.165) is 156 Å². The van der Waals surface area contributed by atoms with Crippen LogP contribution in [0.5, 0.6) is 0 Å². The molecule has 140 heavy (non-hydrogen) atoms. The largest absolute Gasteiger partial charge is 0.307 e. The molecule has 0 saturated carbocycles. The molecule has 0 aliphatic heterocycles. The van der Waals surface area contributed by atoms with Crippen LogP contribution in [0.2, 0.25) is 78.6 Å². The van der Waals surface area contributed by atoms with Gasteiger partial charge in [0.15, 0.2) is 0 Å². The zero-order valence-electron chi connectivity index (χ0n) is 82.8. The summed E-state index contributed by atoms with van der Waals surface area (Å²) in [5.74, 6) is -5.30. The normalized spacial score (nSPS) is 12.1. The first kappa shape index (κ1) is 94.9. The van der Waals surface area contributed by atoms with Gasteiger partial charge in [-0.25, -0.2) is 35.1 Å². The Bertz CT molecular complexity index is 7810. The number of anilines is 12. The lowest BCUT2D eigenvalue weighted by Crippen LogP contribution is -2.37. The summed E-state index contributed by atoms with van der Waals surface area (Å²) in [6.07, 6.45) is 0. The minimum absolute atomic E-state index is 0.215. The van der Waals surface area contributed by atoms with Crippen molar-refractivity contribution in [2.24, 2.45) is 0 Å². The summed E-state index contributed by atoms with van der Waals surface area (Å²) in [7, 11) is -6.86. The maximum absolute atomic E-state index is 16.9. The average molecular weight is 1920 g/mol. The third-order valence-electron chi connectivity index (χ3n) is 28.4. The number of aryl methyl sites for hydroxylation is 6. The van der Waals surface area contributed by atoms with Gasteiger partial charge in [0.05, 0.1) is 77.8 Å². The van der Waals surface area contributed by atoms with Gasteiger partial charge in [0.25, 0.3) is 0 Å². The lowest BCUT2D eigenvalue weighted by atomic mass is 9.91. The molecular weight excluding hydrogens is 1810 g/mol. The summed E-state index contributed by atoms with van der Waals surface area (Å²) in [6, 6.07) is 100. The highest BCUT2D eigenvalue weighted by molar-refractivity contribution is 6.90. The highest BCUT2D eigenvalue weighted by atomic mass is 28.3. The van der Waals surface area contributed by atoms with Crippen molar-refractivity contribution in [1.82, 2.24) is 0 Å². The molecule has 0 bridgehead atoms. The number of nitrogens with zero attached hydrogens (tertiary/aromatic N) is 4. The fourth-order valence-corrected chi connectivity index (χ4v) is 25.0. The van der Waals surface area contributed by atoms with E-state index in [9.17, 15) is 0 Å². The zero-order chi connectivity index (χ0) is 99.1. The van der Waals surface area contributed by atoms with Crippen LogP contribution in [-0.2, 0) is 0 Å². The number of benzene rings is 20. The van der Waals surface area contributed by atoms with E-state index in [1.807, 2.05) is 221 Å². The molecule has 0 spiro atoms. The van der Waals surface area contributed by atoms with Crippen molar-refractivity contribution in [3.63, 3.8) is 0 Å². The molecular formula is C124H112F8N4Si4. The summed E-state index contributed by atoms with van der Waals surface area (Å²) in [4.78, 5) is 7.66. The Morgan fingerprint density at radius 2 is 0.400 bits per heavy atom. The van der Waals surface area contributed by atoms with Crippen LogP contribution in [-0.4, -0.2) is 32.3 Å². The highest BCUT2D eigenvalue weighted by Crippen LogP contribution is 2.54. The van der Waals surface area contributed by atoms with Gasteiger partial charge in [-0.1, -0.05) is 305 Å². The molecule has 20 rings (SSSR count). The fourth-order valence-electron chi connectivity index (χ4n) is 20.4. The van der Waals surface area contributed by atoms with Crippen LogP contribution in [0, 0.1) is 102 Å². The van der Waals surface area contributed by atoms with E-state index >= 15 is 35.1 Å². The lowest BCUT2D eigenvalue weighted by molar-refractivity contribution is 0.585. The van der Waals surface area contributed by atoms with Crippen LogP contribution < -0.4 is 40.3 Å². The standard InChI is InChI=1S/2C62H56F4N2Si2/c1-37-11-25-47(39(3)31-37)51-33-59(55(65)35-53(51)63)67(43-17-21-45(22-18-43)69(5,6)7)57-29-15-41-14-28-50-58(30-16-42-13-27-49(57)61(41)62(42)50)68(44-19-23-46(24-20-44)70(8,9)10)60-34-52(54(64)36-56(60)66)48-26-12-38(2)32-40(48)4;1-37-13-11-15-47(39(37)3)51-33-59(55(65)35-53(51)63)67(43-21-25-45(26-22-43)69(5,6)7)57-31-19-41-18-30-50-58(32-20-42-17-29-49(57)61(41)62(42)50)68(44-23-27-46(28-24-44)70(8,9)10)60-34-52(54(64)36-56(60)66)48-16-12-14-38(2)40(48)4/h2*11-36H,1-10H3. The summed E-state index contributed by atoms with van der Waals surface area (Å²) in [6.45, 7) is 43.3. The molecule has 0 aromatic heterocycles. The van der Waals surface area contributed by atoms with Gasteiger partial charge >= 0.3 is 0 Å². The predicted molar refractivity (Wildman–Crippen MR) is 590 cm³/mol. The Hall–Kier alpha value is -14.0. The molecule has 20 aromatic carbocycles. The van der Waals surface area contributed by atoms with E-state index in [-0.39, 0.29) is 22.7 Å². The number of rotatable bonds is 20. The van der Waals surface area contributed by atoms with Gasteiger partial charge in [0.2, 0.25) is 0 Å². The fraction of sp³-hybridized carbons (Fsp3) is 0.161. The van der Waals surface area contributed by atoms with Gasteiger partial charge in [-0.2, -0.15) is 0 Å². The molecule has 0 saturated heterocycles. The number of hydrogen-bond donors (Lipinski definition) is 0. The highest BCUT2D eigenvalue weighted by Gasteiger charge is 2.33. The minimum atomic E-state index is -1.71. The molecule has 0 aliphatic rings. The van der Waals surface area contributed by atoms with Crippen LogP contribution in [0.25, 0.3) is 109 Å². The Morgan fingerprint density at radius 3 is 0.621 bits per heavy atom. The summed E-state index contributed by atoms with van der Waals surface area (Å²) in [5, 5.41) is 16.1. The Morgan fingerprint density at radius 1 is 0.179 bits per heavy atom. The predicted octanol–water partition coefficient (Wildman–Crippen LogP) is 35.5. The molecule has 0 atom stereocenters. The molecule has 0 unspecified atom stereocenters. The van der Waals surface area contributed by atoms with Crippen molar-refractivity contribution in [2.75, 3.05) is 19.6 Å². The average Bonchev–Trinajstić information content (AvgIpc) is 0.718. The molecule has 0 radical (unpaired) electrons. The minimum Gasteiger partial charge on any atom is -0.307 e. The van der Waals surface area contributed by atoms with Gasteiger partial charge in [-0.15, -0.1) is 0 Å². The molecule has 16 heteroatoms. The van der Waals surface area contributed by atoms with E-state index in [0.29, 0.717) is 67.3 Å². The van der Waals surface area contributed by atoms with Crippen LogP contribution >= 0.6 is 0 Å². The monoisotopic (exact) mass is 1920 g/mol. The summed E-state index contributed by atoms with van der Waals surface area (Å²) < 4.78 is 132. The first-order valence-corrected chi connectivity index (χ1v) is 61.8. The first-order valence-electron chi connectivity index (χ1n) is 47.8. The quantitative estimate of drug-likeness (QED) is 0.0428. The Labute approximate surface area is 819 Å². The SMILES string of the molecule is Cc1ccc(-c2cc(N(c3ccc([Si](C)(C)C)cc3)c3ccc4ccc5c(N(c6ccc([Si](C)(C)C)cc6)c6cc(-c7ccc(C)cc7C)c(F)cc6F)ccc6ccc3c4c65)c(F)cc2F)c(C)c1.Cc1cccc(-c2cc(N(c3ccc([Si](C)(C)C)cc3)c3ccc4ccc5c(N(c6ccc([Si](C)(C)C)cc6)c6cc(-c7cccc(C)c7C)c(F)cc6F)ccc6ccc3c4c65)c(F)cc2F)c1C. The number of hydrogen-bond acceptors (Lipinski definition) is 4. The van der Waals surface area contributed by atoms with Crippen LogP contribution in [0.3, 0.4) is 0 Å². The summed E-state index contributed by atoms with van der Waals surface area (Å²) in [5.41, 5.74) is 18.5. The van der Waals surface area contributed by atoms with Gasteiger partial charge in [-0.05, 0) is 251 Å². The molecule has 0 N–H and O–H groups in total. The zero-order valence-corrected chi connectivity index (χ0v) is 86.8. The van der Waals surface area contributed by atoms with E-state index in [2.05, 4.69) is 200 Å². The van der Waals surface area contributed by atoms with Crippen molar-refractivity contribution in [2.45, 2.75) is 134 Å². The van der Waals surface area contributed by atoms with Crippen molar-refractivity contribution >= 4 is 186 Å². The molecule has 0 fully saturated rings. The van der Waals surface area contributed by atoms with Gasteiger partial charge in [0.1, 0.15) is 46.5 Å². The summed E-state index contributed by atoms with van der Waals surface area (Å²) >= 11 is 0. The van der Waals surface area contributed by atoms with Crippen LogP contribution in [0.15, 0.2) is 315 Å². The smallest absolute Gasteiger partial charge is 0.150 e. The van der Waals surface area contributed by atoms with Crippen molar-refractivity contribution in [3.8, 4) is 44.5 Å². The molecule has 4 nitrogen and oxygen atoms in total. The first-order chi connectivity index (χ1) is 66.6. The van der Waals surface area contributed by atoms with Gasteiger partial charge in [0, 0.05) is 90.8 Å². The second-order valence-electron chi connectivity index (χ2n) is 42.0. The topological polar surface area (TPSA) is 13.0 Å². The third kappa shape index (κ3) is 17.4. The maximum atomic E-state index is 16.9. The molecule has 0 amide bonds. The van der Waals surface area contributed by atoms with Crippen molar-refractivity contribution < 1.29 is 35.1 Å². The van der Waals surface area contributed by atoms with Gasteiger partial charge < -0.3 is 19.6 Å². The molecule has 700 valence electrons. The second-order valence-corrected chi connectivity index (χ2v) is 62.3. The van der Waals surface area contributed by atoms with Crippen molar-refractivity contribution in [1.29, 1.82) is 0 Å². The van der Waals surface area contributed by atoms with E-state index in [1.54, 1.807) is 24.3 Å². The van der Waals surface area contributed by atoms with E-state index in [1.165, 1.54) is 20.7 Å². The Balaban J connectivity index is 0.000000178. The molecule has 20 aromatic rings. The van der Waals surface area contributed by atoms with Gasteiger partial charge in [-0.3, -0.25) is 0 Å². The lowest BCUT2D eigenvalue weighted by Gasteiger charge is -2.30. The van der Waals surface area contributed by atoms with Crippen LogP contribution in [0.4, 0.5) is 103 Å². The second kappa shape index (κ2) is 36.3. The molecule has 0 aliphatic carbocycles. The third-order valence-corrected chi connectivity index (χ3v) is 36.7. The maximum Gasteiger partial charge on any atom is 0.150 e.